The highest BCUT2D eigenvalue weighted by Gasteiger charge is 2.28. The molecule has 19 heavy (non-hydrogen) atoms. The van der Waals surface area contributed by atoms with Crippen LogP contribution in [0.25, 0.3) is 6.08 Å². The Labute approximate surface area is 118 Å². The molecule has 0 saturated heterocycles. The summed E-state index contributed by atoms with van der Waals surface area (Å²) in [5.41, 5.74) is 1.58. The molecular formula is C15H22O3Si. The second-order valence-electron chi connectivity index (χ2n) is 4.30. The molecule has 1 aromatic rings. The van der Waals surface area contributed by atoms with Gasteiger partial charge in [0.25, 0.3) is 0 Å². The van der Waals surface area contributed by atoms with Crippen LogP contribution in [-0.2, 0) is 13.9 Å². The third-order valence-corrected chi connectivity index (χ3v) is 4.28. The lowest BCUT2D eigenvalue weighted by atomic mass is 10.0. The first-order chi connectivity index (χ1) is 9.10. The van der Waals surface area contributed by atoms with Gasteiger partial charge in [-0.3, -0.25) is 0 Å². The Hall–Kier alpha value is -0.943. The first-order valence-electron chi connectivity index (χ1n) is 6.34. The van der Waals surface area contributed by atoms with Crippen molar-refractivity contribution in [2.24, 2.45) is 0 Å². The number of hydrogen-bond acceptors (Lipinski definition) is 3. The van der Waals surface area contributed by atoms with Gasteiger partial charge in [0.2, 0.25) is 0 Å². The Kier molecular flexibility index (Phi) is 6.44. The molecule has 0 bridgehead atoms. The zero-order chi connectivity index (χ0) is 14.3. The van der Waals surface area contributed by atoms with Crippen molar-refractivity contribution in [1.29, 1.82) is 0 Å². The van der Waals surface area contributed by atoms with Gasteiger partial charge in [-0.15, -0.1) is 0 Å². The van der Waals surface area contributed by atoms with Crippen LogP contribution in [0.1, 0.15) is 37.5 Å². The Bertz CT molecular complexity index is 402. The van der Waals surface area contributed by atoms with E-state index in [1.807, 2.05) is 31.2 Å². The number of rotatable bonds is 8. The quantitative estimate of drug-likeness (QED) is 0.539. The van der Waals surface area contributed by atoms with Crippen molar-refractivity contribution in [2.75, 3.05) is 14.2 Å². The maximum atomic E-state index is 6.00. The third kappa shape index (κ3) is 4.28. The average Bonchev–Trinajstić information content (AvgIpc) is 2.48. The molecule has 104 valence electrons. The van der Waals surface area contributed by atoms with Crippen LogP contribution in [0.2, 0.25) is 0 Å². The largest absolute Gasteiger partial charge is 0.405 e. The van der Waals surface area contributed by atoms with E-state index in [1.165, 1.54) is 0 Å². The summed E-state index contributed by atoms with van der Waals surface area (Å²) in [7, 11) is 3.36. The minimum Gasteiger partial charge on any atom is -0.405 e. The molecule has 3 nitrogen and oxygen atoms in total. The lowest BCUT2D eigenvalue weighted by molar-refractivity contribution is -0.140. The summed E-state index contributed by atoms with van der Waals surface area (Å²) in [5, 5.41) is 0. The maximum absolute atomic E-state index is 6.00. The van der Waals surface area contributed by atoms with Crippen molar-refractivity contribution in [3.05, 3.63) is 42.0 Å². The Morgan fingerprint density at radius 1 is 1.32 bits per heavy atom. The summed E-state index contributed by atoms with van der Waals surface area (Å²) < 4.78 is 16.6. The van der Waals surface area contributed by atoms with E-state index in [0.717, 1.165) is 17.5 Å². The zero-order valence-electron chi connectivity index (χ0n) is 12.1. The number of benzene rings is 1. The topological polar surface area (TPSA) is 27.7 Å². The van der Waals surface area contributed by atoms with Crippen LogP contribution < -0.4 is 0 Å². The van der Waals surface area contributed by atoms with Gasteiger partial charge in [0.15, 0.2) is 5.41 Å². The van der Waals surface area contributed by atoms with Gasteiger partial charge in [-0.05, 0) is 24.5 Å². The van der Waals surface area contributed by atoms with Gasteiger partial charge in [0.1, 0.15) is 0 Å². The van der Waals surface area contributed by atoms with E-state index in [1.54, 1.807) is 14.2 Å². The van der Waals surface area contributed by atoms with Gasteiger partial charge < -0.3 is 13.9 Å². The average molecular weight is 278 g/mol. The second kappa shape index (κ2) is 7.60. The summed E-state index contributed by atoms with van der Waals surface area (Å²) >= 11 is 0. The standard InChI is InChI=1S/C15H22O3Si/c1-6-12-10-8-9-11-13(12)14(7-2)18-19-15(3,16-4)17-5/h6,8-11,14H,1,7H2,2-5H3. The Morgan fingerprint density at radius 2 is 1.95 bits per heavy atom. The van der Waals surface area contributed by atoms with E-state index in [9.17, 15) is 0 Å². The Balaban J connectivity index is 2.81. The normalized spacial score (nSPS) is 13.3. The first kappa shape index (κ1) is 16.1. The minimum absolute atomic E-state index is 0.0251. The lowest BCUT2D eigenvalue weighted by Crippen LogP contribution is -2.39. The number of methoxy groups -OCH3 is 2. The number of ether oxygens (including phenoxy) is 2. The highest BCUT2D eigenvalue weighted by atomic mass is 28.2. The van der Waals surface area contributed by atoms with E-state index >= 15 is 0 Å². The highest BCUT2D eigenvalue weighted by molar-refractivity contribution is 6.30. The van der Waals surface area contributed by atoms with Crippen LogP contribution in [0.4, 0.5) is 0 Å². The van der Waals surface area contributed by atoms with Crippen molar-refractivity contribution in [3.63, 3.8) is 0 Å². The molecular weight excluding hydrogens is 256 g/mol. The zero-order valence-corrected chi connectivity index (χ0v) is 13.1. The van der Waals surface area contributed by atoms with Gasteiger partial charge in [0, 0.05) is 14.2 Å². The molecule has 4 heteroatoms. The third-order valence-electron chi connectivity index (χ3n) is 3.10. The monoisotopic (exact) mass is 278 g/mol. The summed E-state index contributed by atoms with van der Waals surface area (Å²) in [6.45, 7) is 7.82. The van der Waals surface area contributed by atoms with Crippen LogP contribution in [0.5, 0.6) is 0 Å². The maximum Gasteiger partial charge on any atom is 0.304 e. The molecule has 1 unspecified atom stereocenters. The predicted molar refractivity (Wildman–Crippen MR) is 78.8 cm³/mol. The molecule has 0 spiro atoms. The van der Waals surface area contributed by atoms with Gasteiger partial charge in [-0.25, -0.2) is 0 Å². The highest BCUT2D eigenvalue weighted by Crippen LogP contribution is 2.26. The van der Waals surface area contributed by atoms with E-state index in [-0.39, 0.29) is 15.9 Å². The molecule has 1 aromatic carbocycles. The summed E-state index contributed by atoms with van der Waals surface area (Å²) in [6, 6.07) is 8.14. The summed E-state index contributed by atoms with van der Waals surface area (Å²) in [5.74, 6) is 0. The van der Waals surface area contributed by atoms with Crippen molar-refractivity contribution in [3.8, 4) is 0 Å². The minimum atomic E-state index is -0.684. The molecule has 0 saturated carbocycles. The van der Waals surface area contributed by atoms with Crippen LogP contribution in [-0.4, -0.2) is 29.4 Å². The van der Waals surface area contributed by atoms with Crippen molar-refractivity contribution >= 4 is 15.8 Å². The van der Waals surface area contributed by atoms with Crippen molar-refractivity contribution in [1.82, 2.24) is 0 Å². The summed E-state index contributed by atoms with van der Waals surface area (Å²) in [4.78, 5) is 0. The van der Waals surface area contributed by atoms with E-state index in [4.69, 9.17) is 13.9 Å². The van der Waals surface area contributed by atoms with Gasteiger partial charge >= 0.3 is 9.76 Å². The SMILES string of the molecule is C=Cc1ccccc1C(CC)O[Si]C(C)(OC)OC. The van der Waals surface area contributed by atoms with Crippen LogP contribution in [0, 0.1) is 0 Å². The number of hydrogen-bond donors (Lipinski definition) is 0. The van der Waals surface area contributed by atoms with Gasteiger partial charge in [-0.1, -0.05) is 43.8 Å². The Morgan fingerprint density at radius 3 is 2.47 bits per heavy atom. The van der Waals surface area contributed by atoms with Crippen molar-refractivity contribution in [2.45, 2.75) is 31.8 Å². The summed E-state index contributed by atoms with van der Waals surface area (Å²) in [6.07, 6.45) is 2.77. The molecule has 1 rings (SSSR count). The van der Waals surface area contributed by atoms with Crippen LogP contribution in [0.3, 0.4) is 0 Å². The molecule has 0 amide bonds. The van der Waals surface area contributed by atoms with E-state index < -0.39 is 5.41 Å². The molecule has 0 N–H and O–H groups in total. The molecule has 0 aliphatic carbocycles. The molecule has 2 radical (unpaired) electrons. The van der Waals surface area contributed by atoms with E-state index in [2.05, 4.69) is 19.6 Å². The van der Waals surface area contributed by atoms with Crippen molar-refractivity contribution < 1.29 is 13.9 Å². The molecule has 0 aliphatic heterocycles. The van der Waals surface area contributed by atoms with Gasteiger partial charge in [-0.2, -0.15) is 0 Å². The predicted octanol–water partition coefficient (Wildman–Crippen LogP) is 3.38. The van der Waals surface area contributed by atoms with Gasteiger partial charge in [0.05, 0.1) is 6.10 Å². The van der Waals surface area contributed by atoms with Crippen LogP contribution >= 0.6 is 0 Å². The van der Waals surface area contributed by atoms with E-state index in [0.29, 0.717) is 0 Å². The smallest absolute Gasteiger partial charge is 0.304 e. The fourth-order valence-corrected chi connectivity index (χ4v) is 2.52. The molecule has 1 atom stereocenters. The lowest BCUT2D eigenvalue weighted by Gasteiger charge is -2.27. The fourth-order valence-electron chi connectivity index (χ4n) is 1.70. The molecule has 0 heterocycles. The molecule has 0 aromatic heterocycles. The van der Waals surface area contributed by atoms with Crippen LogP contribution in [0.15, 0.2) is 30.8 Å². The molecule has 0 aliphatic rings. The first-order valence-corrected chi connectivity index (χ1v) is 7.25. The second-order valence-corrected chi connectivity index (χ2v) is 5.65. The fraction of sp³-hybridized carbons (Fsp3) is 0.467. The molecule has 0 fully saturated rings.